The maximum atomic E-state index is 4.35. The second-order valence-corrected chi connectivity index (χ2v) is 4.76. The molecule has 0 aliphatic carbocycles. The number of pyridine rings is 1. The van der Waals surface area contributed by atoms with E-state index < -0.39 is 0 Å². The largest absolute Gasteiger partial charge is 0.267 e. The molecule has 17 heavy (non-hydrogen) atoms. The molecule has 1 aromatic carbocycles. The Bertz CT molecular complexity index is 655. The van der Waals surface area contributed by atoms with Crippen LogP contribution in [0.25, 0.3) is 10.9 Å². The average Bonchev–Trinajstić information content (AvgIpc) is 2.75. The molecule has 0 saturated carbocycles. The monoisotopic (exact) mass is 287 g/mol. The fraction of sp³-hybridized carbons (Fsp3) is 0.0769. The lowest BCUT2D eigenvalue weighted by Gasteiger charge is -2.05. The summed E-state index contributed by atoms with van der Waals surface area (Å²) in [5.74, 6) is 0. The predicted molar refractivity (Wildman–Crippen MR) is 70.8 cm³/mol. The SMILES string of the molecule is Brc1cnn(Cc2ccnc3ccccc23)c1. The van der Waals surface area contributed by atoms with Crippen LogP contribution in [-0.2, 0) is 6.54 Å². The highest BCUT2D eigenvalue weighted by molar-refractivity contribution is 9.10. The summed E-state index contributed by atoms with van der Waals surface area (Å²) in [4.78, 5) is 4.35. The van der Waals surface area contributed by atoms with Gasteiger partial charge in [-0.15, -0.1) is 0 Å². The molecule has 0 fully saturated rings. The third-order valence-corrected chi connectivity index (χ3v) is 3.08. The zero-order valence-corrected chi connectivity index (χ0v) is 10.6. The first kappa shape index (κ1) is 10.5. The summed E-state index contributed by atoms with van der Waals surface area (Å²) >= 11 is 3.40. The fourth-order valence-corrected chi connectivity index (χ4v) is 2.22. The molecule has 0 atom stereocenters. The standard InChI is InChI=1S/C13H10BrN3/c14-11-7-16-17(9-11)8-10-5-6-15-13-4-2-1-3-12(10)13/h1-7,9H,8H2. The highest BCUT2D eigenvalue weighted by atomic mass is 79.9. The van der Waals surface area contributed by atoms with Crippen molar-refractivity contribution in [1.82, 2.24) is 14.8 Å². The minimum atomic E-state index is 0.759. The molecule has 0 bridgehead atoms. The molecule has 0 aliphatic heterocycles. The van der Waals surface area contributed by atoms with Crippen LogP contribution in [0.3, 0.4) is 0 Å². The summed E-state index contributed by atoms with van der Waals surface area (Å²) in [6.45, 7) is 0.759. The van der Waals surface area contributed by atoms with E-state index in [1.54, 1.807) is 6.20 Å². The van der Waals surface area contributed by atoms with Crippen LogP contribution < -0.4 is 0 Å². The van der Waals surface area contributed by atoms with Crippen molar-refractivity contribution in [3.05, 3.63) is 59.0 Å². The maximum Gasteiger partial charge on any atom is 0.0705 e. The Labute approximate surface area is 107 Å². The molecule has 0 unspecified atom stereocenters. The van der Waals surface area contributed by atoms with E-state index in [2.05, 4.69) is 32.1 Å². The number of hydrogen-bond donors (Lipinski definition) is 0. The lowest BCUT2D eigenvalue weighted by atomic mass is 10.1. The molecular formula is C13H10BrN3. The van der Waals surface area contributed by atoms with Gasteiger partial charge in [-0.25, -0.2) is 0 Å². The Kier molecular flexibility index (Phi) is 2.65. The highest BCUT2D eigenvalue weighted by Gasteiger charge is 2.02. The molecule has 2 heterocycles. The van der Waals surface area contributed by atoms with Gasteiger partial charge >= 0.3 is 0 Å². The number of fused-ring (bicyclic) bond motifs is 1. The summed E-state index contributed by atoms with van der Waals surface area (Å²) in [5, 5.41) is 5.45. The molecule has 3 aromatic rings. The highest BCUT2D eigenvalue weighted by Crippen LogP contribution is 2.17. The molecule has 0 N–H and O–H groups in total. The molecule has 0 amide bonds. The molecule has 0 saturated heterocycles. The van der Waals surface area contributed by atoms with E-state index in [0.717, 1.165) is 16.5 Å². The predicted octanol–water partition coefficient (Wildman–Crippen LogP) is 3.24. The van der Waals surface area contributed by atoms with Crippen LogP contribution in [0, 0.1) is 0 Å². The molecule has 2 aromatic heterocycles. The minimum absolute atomic E-state index is 0.759. The van der Waals surface area contributed by atoms with Gasteiger partial charge in [-0.1, -0.05) is 18.2 Å². The third-order valence-electron chi connectivity index (χ3n) is 2.67. The Morgan fingerprint density at radius 1 is 1.18 bits per heavy atom. The zero-order valence-electron chi connectivity index (χ0n) is 9.05. The fourth-order valence-electron chi connectivity index (χ4n) is 1.89. The Balaban J connectivity index is 2.05. The number of nitrogens with zero attached hydrogens (tertiary/aromatic N) is 3. The first-order valence-electron chi connectivity index (χ1n) is 5.33. The van der Waals surface area contributed by atoms with Crippen molar-refractivity contribution >= 4 is 26.8 Å². The summed E-state index contributed by atoms with van der Waals surface area (Å²) in [6, 6.07) is 10.2. The van der Waals surface area contributed by atoms with Gasteiger partial charge in [0, 0.05) is 17.8 Å². The molecule has 3 nitrogen and oxygen atoms in total. The van der Waals surface area contributed by atoms with Crippen molar-refractivity contribution < 1.29 is 0 Å². The number of halogens is 1. The van der Waals surface area contributed by atoms with Crippen LogP contribution in [0.4, 0.5) is 0 Å². The van der Waals surface area contributed by atoms with E-state index >= 15 is 0 Å². The first-order chi connectivity index (χ1) is 8.33. The van der Waals surface area contributed by atoms with Gasteiger partial charge in [-0.2, -0.15) is 5.10 Å². The van der Waals surface area contributed by atoms with Crippen LogP contribution in [0.5, 0.6) is 0 Å². The second-order valence-electron chi connectivity index (χ2n) is 3.84. The Morgan fingerprint density at radius 3 is 2.88 bits per heavy atom. The van der Waals surface area contributed by atoms with Crippen molar-refractivity contribution in [3.8, 4) is 0 Å². The average molecular weight is 288 g/mol. The number of rotatable bonds is 2. The van der Waals surface area contributed by atoms with Crippen LogP contribution >= 0.6 is 15.9 Å². The molecule has 84 valence electrons. The van der Waals surface area contributed by atoms with Gasteiger partial charge in [0.05, 0.1) is 22.7 Å². The van der Waals surface area contributed by atoms with Gasteiger partial charge in [-0.05, 0) is 33.6 Å². The molecular weight excluding hydrogens is 278 g/mol. The summed E-state index contributed by atoms with van der Waals surface area (Å²) in [6.07, 6.45) is 5.61. The lowest BCUT2D eigenvalue weighted by molar-refractivity contribution is 0.689. The molecule has 4 heteroatoms. The molecule has 3 rings (SSSR count). The summed E-state index contributed by atoms with van der Waals surface area (Å²) in [5.41, 5.74) is 2.25. The Hall–Kier alpha value is -1.68. The van der Waals surface area contributed by atoms with Gasteiger partial charge in [0.15, 0.2) is 0 Å². The van der Waals surface area contributed by atoms with Crippen molar-refractivity contribution in [1.29, 1.82) is 0 Å². The number of benzene rings is 1. The smallest absolute Gasteiger partial charge is 0.0705 e. The number of para-hydroxylation sites is 1. The van der Waals surface area contributed by atoms with E-state index in [4.69, 9.17) is 0 Å². The van der Waals surface area contributed by atoms with Gasteiger partial charge in [0.25, 0.3) is 0 Å². The van der Waals surface area contributed by atoms with Crippen molar-refractivity contribution in [2.24, 2.45) is 0 Å². The van der Waals surface area contributed by atoms with E-state index in [9.17, 15) is 0 Å². The van der Waals surface area contributed by atoms with E-state index in [-0.39, 0.29) is 0 Å². The maximum absolute atomic E-state index is 4.35. The van der Waals surface area contributed by atoms with Crippen LogP contribution in [0.2, 0.25) is 0 Å². The molecule has 0 radical (unpaired) electrons. The normalized spacial score (nSPS) is 10.9. The second kappa shape index (κ2) is 4.30. The minimum Gasteiger partial charge on any atom is -0.267 e. The van der Waals surface area contributed by atoms with Crippen molar-refractivity contribution in [2.45, 2.75) is 6.54 Å². The number of hydrogen-bond acceptors (Lipinski definition) is 2. The van der Waals surface area contributed by atoms with E-state index in [1.165, 1.54) is 10.9 Å². The topological polar surface area (TPSA) is 30.7 Å². The third kappa shape index (κ3) is 2.08. The van der Waals surface area contributed by atoms with Crippen molar-refractivity contribution in [3.63, 3.8) is 0 Å². The summed E-state index contributed by atoms with van der Waals surface area (Å²) < 4.78 is 2.90. The van der Waals surface area contributed by atoms with E-state index in [0.29, 0.717) is 0 Å². The van der Waals surface area contributed by atoms with E-state index in [1.807, 2.05) is 41.3 Å². The summed E-state index contributed by atoms with van der Waals surface area (Å²) in [7, 11) is 0. The van der Waals surface area contributed by atoms with Gasteiger partial charge in [0.2, 0.25) is 0 Å². The van der Waals surface area contributed by atoms with Gasteiger partial charge in [0.1, 0.15) is 0 Å². The van der Waals surface area contributed by atoms with Crippen LogP contribution in [-0.4, -0.2) is 14.8 Å². The number of aromatic nitrogens is 3. The van der Waals surface area contributed by atoms with Crippen molar-refractivity contribution in [2.75, 3.05) is 0 Å². The molecule has 0 spiro atoms. The van der Waals surface area contributed by atoms with Crippen LogP contribution in [0.15, 0.2) is 53.4 Å². The van der Waals surface area contributed by atoms with Gasteiger partial charge in [-0.3, -0.25) is 9.67 Å². The lowest BCUT2D eigenvalue weighted by Crippen LogP contribution is -2.00. The van der Waals surface area contributed by atoms with Crippen LogP contribution in [0.1, 0.15) is 5.56 Å². The Morgan fingerprint density at radius 2 is 2.06 bits per heavy atom. The first-order valence-corrected chi connectivity index (χ1v) is 6.13. The van der Waals surface area contributed by atoms with Gasteiger partial charge < -0.3 is 0 Å². The zero-order chi connectivity index (χ0) is 11.7. The quantitative estimate of drug-likeness (QED) is 0.724. The molecule has 0 aliphatic rings.